The lowest BCUT2D eigenvalue weighted by Crippen LogP contribution is -2.16. The van der Waals surface area contributed by atoms with Gasteiger partial charge in [0.2, 0.25) is 0 Å². The molecule has 52 valence electrons. The van der Waals surface area contributed by atoms with Crippen LogP contribution in [0.2, 0.25) is 0 Å². The first-order valence-electron chi connectivity index (χ1n) is 3.72. The van der Waals surface area contributed by atoms with Crippen LogP contribution in [0.5, 0.6) is 0 Å². The zero-order valence-corrected chi connectivity index (χ0v) is 5.44. The molecule has 0 amide bonds. The van der Waals surface area contributed by atoms with Gasteiger partial charge in [0.25, 0.3) is 0 Å². The molecule has 1 unspecified atom stereocenters. The van der Waals surface area contributed by atoms with Crippen LogP contribution < -0.4 is 5.32 Å². The Balaban J connectivity index is 2.07. The van der Waals surface area contributed by atoms with Crippen molar-refractivity contribution >= 4 is 0 Å². The predicted molar refractivity (Wildman–Crippen MR) is 34.0 cm³/mol. The Labute approximate surface area is 54.6 Å². The van der Waals surface area contributed by atoms with Gasteiger partial charge >= 0.3 is 0 Å². The lowest BCUT2D eigenvalue weighted by molar-refractivity contribution is 0.260. The quantitative estimate of drug-likeness (QED) is 0.513. The summed E-state index contributed by atoms with van der Waals surface area (Å²) in [7, 11) is 0. The third kappa shape index (κ3) is 0.767. The van der Waals surface area contributed by atoms with Crippen LogP contribution in [0.4, 0.5) is 4.39 Å². The third-order valence-electron chi connectivity index (χ3n) is 2.67. The number of hydrogen-bond donors (Lipinski definition) is 1. The minimum atomic E-state index is -0.495. The second-order valence-electron chi connectivity index (χ2n) is 3.18. The van der Waals surface area contributed by atoms with E-state index in [9.17, 15) is 4.39 Å². The Morgan fingerprint density at radius 2 is 2.11 bits per heavy atom. The molecule has 0 radical (unpaired) electrons. The fraction of sp³-hybridized carbons (Fsp3) is 1.00. The van der Waals surface area contributed by atoms with Gasteiger partial charge in [0.05, 0.1) is 0 Å². The predicted octanol–water partition coefficient (Wildman–Crippen LogP) is 0.954. The van der Waals surface area contributed by atoms with E-state index >= 15 is 0 Å². The van der Waals surface area contributed by atoms with Gasteiger partial charge in [-0.25, -0.2) is 4.39 Å². The molecule has 0 aromatic carbocycles. The standard InChI is InChI=1S/C7H12FN/c8-7-2-1-5-3-9-4-6(5)7/h5-7,9H,1-4H2/t5-,6+,7?/m0/s1. The minimum Gasteiger partial charge on any atom is -0.316 e. The molecule has 2 rings (SSSR count). The van der Waals surface area contributed by atoms with Gasteiger partial charge in [-0.1, -0.05) is 0 Å². The molecule has 3 atom stereocenters. The maximum Gasteiger partial charge on any atom is 0.104 e. The maximum atomic E-state index is 12.8. The average Bonchev–Trinajstić information content (AvgIpc) is 2.35. The van der Waals surface area contributed by atoms with Gasteiger partial charge in [0, 0.05) is 12.5 Å². The van der Waals surface area contributed by atoms with Crippen molar-refractivity contribution in [1.29, 1.82) is 0 Å². The van der Waals surface area contributed by atoms with Gasteiger partial charge < -0.3 is 5.32 Å². The van der Waals surface area contributed by atoms with E-state index in [0.717, 1.165) is 25.9 Å². The average molecular weight is 129 g/mol. The molecule has 1 aliphatic carbocycles. The van der Waals surface area contributed by atoms with Crippen molar-refractivity contribution in [3.63, 3.8) is 0 Å². The number of rotatable bonds is 0. The van der Waals surface area contributed by atoms with Gasteiger partial charge in [0.1, 0.15) is 6.17 Å². The van der Waals surface area contributed by atoms with Crippen molar-refractivity contribution < 1.29 is 4.39 Å². The van der Waals surface area contributed by atoms with Crippen molar-refractivity contribution in [2.24, 2.45) is 11.8 Å². The van der Waals surface area contributed by atoms with Gasteiger partial charge in [-0.2, -0.15) is 0 Å². The van der Waals surface area contributed by atoms with Crippen LogP contribution in [-0.2, 0) is 0 Å². The molecule has 2 fully saturated rings. The molecule has 0 aromatic rings. The first-order chi connectivity index (χ1) is 4.38. The Hall–Kier alpha value is -0.110. The Kier molecular flexibility index (Phi) is 1.22. The van der Waals surface area contributed by atoms with Crippen LogP contribution in [0.25, 0.3) is 0 Å². The summed E-state index contributed by atoms with van der Waals surface area (Å²) < 4.78 is 12.8. The second kappa shape index (κ2) is 1.94. The van der Waals surface area contributed by atoms with Gasteiger partial charge in [-0.3, -0.25) is 0 Å². The third-order valence-corrected chi connectivity index (χ3v) is 2.67. The molecule has 9 heavy (non-hydrogen) atoms. The fourth-order valence-electron chi connectivity index (χ4n) is 2.08. The summed E-state index contributed by atoms with van der Waals surface area (Å²) in [6, 6.07) is 0. The topological polar surface area (TPSA) is 12.0 Å². The zero-order chi connectivity index (χ0) is 6.27. The first-order valence-corrected chi connectivity index (χ1v) is 3.72. The summed E-state index contributed by atoms with van der Waals surface area (Å²) in [4.78, 5) is 0. The van der Waals surface area contributed by atoms with E-state index in [4.69, 9.17) is 0 Å². The van der Waals surface area contributed by atoms with Crippen molar-refractivity contribution in [3.05, 3.63) is 0 Å². The summed E-state index contributed by atoms with van der Waals surface area (Å²) >= 11 is 0. The highest BCUT2D eigenvalue weighted by Gasteiger charge is 2.38. The largest absolute Gasteiger partial charge is 0.316 e. The number of fused-ring (bicyclic) bond motifs is 1. The van der Waals surface area contributed by atoms with Crippen LogP contribution in [0, 0.1) is 11.8 Å². The van der Waals surface area contributed by atoms with Crippen molar-refractivity contribution in [3.8, 4) is 0 Å². The summed E-state index contributed by atoms with van der Waals surface area (Å²) in [5, 5.41) is 3.21. The summed E-state index contributed by atoms with van der Waals surface area (Å²) in [5.74, 6) is 1.03. The second-order valence-corrected chi connectivity index (χ2v) is 3.18. The molecule has 1 saturated carbocycles. The van der Waals surface area contributed by atoms with E-state index < -0.39 is 6.17 Å². The SMILES string of the molecule is FC1CC[C@H]2CNC[C@@H]12. The lowest BCUT2D eigenvalue weighted by Gasteiger charge is -2.07. The smallest absolute Gasteiger partial charge is 0.104 e. The number of hydrogen-bond acceptors (Lipinski definition) is 1. The van der Waals surface area contributed by atoms with Gasteiger partial charge in [0.15, 0.2) is 0 Å². The molecule has 2 heteroatoms. The molecule has 1 N–H and O–H groups in total. The molecule has 1 saturated heterocycles. The molecule has 1 nitrogen and oxygen atoms in total. The van der Waals surface area contributed by atoms with E-state index in [-0.39, 0.29) is 0 Å². The molecular weight excluding hydrogens is 117 g/mol. The highest BCUT2D eigenvalue weighted by molar-refractivity contribution is 4.91. The van der Waals surface area contributed by atoms with Crippen LogP contribution in [-0.4, -0.2) is 19.3 Å². The van der Waals surface area contributed by atoms with Crippen molar-refractivity contribution in [2.75, 3.05) is 13.1 Å². The van der Waals surface area contributed by atoms with E-state index in [1.165, 1.54) is 0 Å². The number of alkyl halides is 1. The molecule has 0 aromatic heterocycles. The fourth-order valence-corrected chi connectivity index (χ4v) is 2.08. The van der Waals surface area contributed by atoms with Crippen LogP contribution >= 0.6 is 0 Å². The normalized spacial score (nSPS) is 49.7. The van der Waals surface area contributed by atoms with Crippen molar-refractivity contribution in [1.82, 2.24) is 5.32 Å². The maximum absolute atomic E-state index is 12.8. The van der Waals surface area contributed by atoms with Crippen LogP contribution in [0.1, 0.15) is 12.8 Å². The van der Waals surface area contributed by atoms with Crippen molar-refractivity contribution in [2.45, 2.75) is 19.0 Å². The molecule has 0 spiro atoms. The lowest BCUT2D eigenvalue weighted by atomic mass is 10.0. The van der Waals surface area contributed by atoms with E-state index in [1.54, 1.807) is 0 Å². The van der Waals surface area contributed by atoms with E-state index in [1.807, 2.05) is 0 Å². The molecule has 1 aliphatic heterocycles. The van der Waals surface area contributed by atoms with Gasteiger partial charge in [-0.15, -0.1) is 0 Å². The number of nitrogens with one attached hydrogen (secondary N) is 1. The minimum absolute atomic E-state index is 0.366. The summed E-state index contributed by atoms with van der Waals surface area (Å²) in [6.45, 7) is 1.98. The van der Waals surface area contributed by atoms with Crippen LogP contribution in [0.15, 0.2) is 0 Å². The monoisotopic (exact) mass is 129 g/mol. The molecule has 0 bridgehead atoms. The van der Waals surface area contributed by atoms with E-state index in [2.05, 4.69) is 5.32 Å². The van der Waals surface area contributed by atoms with E-state index in [0.29, 0.717) is 11.8 Å². The number of halogens is 1. The summed E-state index contributed by atoms with van der Waals surface area (Å²) in [5.41, 5.74) is 0. The molecule has 2 aliphatic rings. The summed E-state index contributed by atoms with van der Waals surface area (Å²) in [6.07, 6.45) is 1.43. The highest BCUT2D eigenvalue weighted by Crippen LogP contribution is 2.36. The molecular formula is C7H12FN. The van der Waals surface area contributed by atoms with Crippen LogP contribution in [0.3, 0.4) is 0 Å². The van der Waals surface area contributed by atoms with Gasteiger partial charge in [-0.05, 0) is 25.3 Å². The Morgan fingerprint density at radius 1 is 1.22 bits per heavy atom. The Bertz CT molecular complexity index is 115. The molecule has 1 heterocycles. The zero-order valence-electron chi connectivity index (χ0n) is 5.44. The highest BCUT2D eigenvalue weighted by atomic mass is 19.1. The first kappa shape index (κ1) is 5.66. The Morgan fingerprint density at radius 3 is 2.89 bits per heavy atom.